The molecule has 33 heavy (non-hydrogen) atoms. The second-order valence-corrected chi connectivity index (χ2v) is 9.39. The summed E-state index contributed by atoms with van der Waals surface area (Å²) in [5.41, 5.74) is 1.10. The predicted molar refractivity (Wildman–Crippen MR) is 131 cm³/mol. The zero-order valence-corrected chi connectivity index (χ0v) is 19.7. The molecular weight excluding hydrogens is 437 g/mol. The highest BCUT2D eigenvalue weighted by atomic mass is 32.2. The Morgan fingerprint density at radius 1 is 1.12 bits per heavy atom. The maximum Gasteiger partial charge on any atom is 0.254 e. The van der Waals surface area contributed by atoms with Crippen LogP contribution in [0.5, 0.6) is 0 Å². The zero-order valence-electron chi connectivity index (χ0n) is 18.9. The molecule has 1 aliphatic heterocycles. The van der Waals surface area contributed by atoms with E-state index in [0.29, 0.717) is 24.9 Å². The number of benzene rings is 2. The van der Waals surface area contributed by atoms with E-state index in [4.69, 9.17) is 0 Å². The van der Waals surface area contributed by atoms with E-state index < -0.39 is 11.7 Å². The molecule has 1 atom stereocenters. The lowest BCUT2D eigenvalue weighted by atomic mass is 10.0. The molecule has 1 aromatic heterocycles. The number of nitrogens with zero attached hydrogens (tertiary/aromatic N) is 2. The maximum absolute atomic E-state index is 13.8. The summed E-state index contributed by atoms with van der Waals surface area (Å²) in [6.07, 6.45) is 6.45. The highest BCUT2D eigenvalue weighted by Crippen LogP contribution is 2.31. The number of piperidine rings is 1. The maximum atomic E-state index is 13.8. The van der Waals surface area contributed by atoms with Gasteiger partial charge < -0.3 is 14.8 Å². The Morgan fingerprint density at radius 2 is 1.91 bits per heavy atom. The fourth-order valence-corrected chi connectivity index (χ4v) is 5.49. The average molecular weight is 468 g/mol. The van der Waals surface area contributed by atoms with E-state index in [2.05, 4.69) is 27.8 Å². The van der Waals surface area contributed by atoms with Gasteiger partial charge in [0.1, 0.15) is 5.82 Å². The monoisotopic (exact) mass is 467 g/mol. The van der Waals surface area contributed by atoms with Crippen molar-refractivity contribution in [3.05, 3.63) is 66.1 Å². The number of amides is 2. The van der Waals surface area contributed by atoms with Gasteiger partial charge in [0, 0.05) is 47.7 Å². The summed E-state index contributed by atoms with van der Waals surface area (Å²) in [6.45, 7) is 3.95. The van der Waals surface area contributed by atoms with Gasteiger partial charge in [-0.25, -0.2) is 4.39 Å². The lowest BCUT2D eigenvalue weighted by Crippen LogP contribution is -2.44. The highest BCUT2D eigenvalue weighted by molar-refractivity contribution is 8.00. The topological polar surface area (TPSA) is 54.3 Å². The first-order chi connectivity index (χ1) is 16.1. The Morgan fingerprint density at radius 3 is 2.73 bits per heavy atom. The minimum absolute atomic E-state index is 0.0488. The Hall–Kier alpha value is -2.80. The number of hydrogen-bond donors (Lipinski definition) is 1. The lowest BCUT2D eigenvalue weighted by molar-refractivity contribution is -0.132. The van der Waals surface area contributed by atoms with Crippen LogP contribution in [0.1, 0.15) is 43.0 Å². The molecule has 2 amide bonds. The van der Waals surface area contributed by atoms with Crippen LogP contribution in [0.4, 0.5) is 4.39 Å². The number of carbonyl (C=O) groups excluding carboxylic acids is 2. The van der Waals surface area contributed by atoms with Gasteiger partial charge in [-0.15, -0.1) is 11.8 Å². The zero-order chi connectivity index (χ0) is 23.2. The van der Waals surface area contributed by atoms with Crippen molar-refractivity contribution >= 4 is 34.5 Å². The van der Waals surface area contributed by atoms with Crippen molar-refractivity contribution in [1.29, 1.82) is 0 Å². The van der Waals surface area contributed by atoms with Crippen molar-refractivity contribution in [2.45, 2.75) is 50.1 Å². The second kappa shape index (κ2) is 10.9. The summed E-state index contributed by atoms with van der Waals surface area (Å²) >= 11 is 1.57. The Bertz CT molecular complexity index is 1130. The van der Waals surface area contributed by atoms with Crippen molar-refractivity contribution in [3.8, 4) is 0 Å². The van der Waals surface area contributed by atoms with E-state index >= 15 is 0 Å². The number of hydrogen-bond acceptors (Lipinski definition) is 3. The summed E-state index contributed by atoms with van der Waals surface area (Å²) in [7, 11) is 0. The van der Waals surface area contributed by atoms with E-state index in [9.17, 15) is 14.0 Å². The third-order valence-corrected chi connectivity index (χ3v) is 7.31. The Labute approximate surface area is 198 Å². The van der Waals surface area contributed by atoms with Crippen LogP contribution in [0.2, 0.25) is 0 Å². The fraction of sp³-hybridized carbons (Fsp3) is 0.385. The van der Waals surface area contributed by atoms with Crippen molar-refractivity contribution in [2.24, 2.45) is 0 Å². The Kier molecular flexibility index (Phi) is 7.70. The van der Waals surface area contributed by atoms with Crippen LogP contribution in [0.25, 0.3) is 10.9 Å². The molecule has 1 unspecified atom stereocenters. The second-order valence-electron chi connectivity index (χ2n) is 8.37. The van der Waals surface area contributed by atoms with Crippen LogP contribution in [0.15, 0.2) is 59.6 Å². The fourth-order valence-electron chi connectivity index (χ4n) is 4.52. The summed E-state index contributed by atoms with van der Waals surface area (Å²) in [5, 5.41) is 3.90. The van der Waals surface area contributed by atoms with Gasteiger partial charge in [-0.1, -0.05) is 37.3 Å². The first-order valence-electron chi connectivity index (χ1n) is 11.6. The van der Waals surface area contributed by atoms with Gasteiger partial charge in [-0.05, 0) is 43.9 Å². The first kappa shape index (κ1) is 23.4. The van der Waals surface area contributed by atoms with E-state index in [0.717, 1.165) is 41.6 Å². The van der Waals surface area contributed by atoms with Gasteiger partial charge >= 0.3 is 0 Å². The number of nitrogens with one attached hydrogen (secondary N) is 1. The molecule has 0 radical (unpaired) electrons. The number of rotatable bonds is 8. The average Bonchev–Trinajstić information content (AvgIpc) is 3.20. The van der Waals surface area contributed by atoms with Gasteiger partial charge in [0.25, 0.3) is 5.91 Å². The molecule has 5 nitrogen and oxygen atoms in total. The third kappa shape index (κ3) is 5.41. The minimum Gasteiger partial charge on any atom is -0.350 e. The van der Waals surface area contributed by atoms with Gasteiger partial charge in [-0.2, -0.15) is 0 Å². The standard InChI is InChI=1S/C26H30FN3O2S/c1-2-19-9-7-8-15-30(19)25(31)18-33-24-17-29(23-13-6-4-11-21(23)24)16-14-28-26(32)20-10-3-5-12-22(20)27/h3-6,10-13,17,19H,2,7-9,14-16,18H2,1H3,(H,28,32). The number of halogens is 1. The SMILES string of the molecule is CCC1CCCCN1C(=O)CSc1cn(CCNC(=O)c2ccccc2F)c2ccccc12. The normalized spacial score (nSPS) is 16.2. The van der Waals surface area contributed by atoms with Crippen molar-refractivity contribution < 1.29 is 14.0 Å². The summed E-state index contributed by atoms with van der Waals surface area (Å²) in [5.74, 6) is -0.310. The van der Waals surface area contributed by atoms with Crippen LogP contribution < -0.4 is 5.32 Å². The largest absolute Gasteiger partial charge is 0.350 e. The lowest BCUT2D eigenvalue weighted by Gasteiger charge is -2.35. The summed E-state index contributed by atoms with van der Waals surface area (Å²) < 4.78 is 15.9. The van der Waals surface area contributed by atoms with Crippen LogP contribution in [-0.2, 0) is 11.3 Å². The van der Waals surface area contributed by atoms with E-state index in [1.54, 1.807) is 23.9 Å². The van der Waals surface area contributed by atoms with Crippen LogP contribution in [0.3, 0.4) is 0 Å². The van der Waals surface area contributed by atoms with E-state index in [-0.39, 0.29) is 11.5 Å². The van der Waals surface area contributed by atoms with Gasteiger partial charge in [0.05, 0.1) is 11.3 Å². The molecule has 1 fully saturated rings. The van der Waals surface area contributed by atoms with Crippen LogP contribution in [-0.4, -0.2) is 46.2 Å². The van der Waals surface area contributed by atoms with Gasteiger partial charge in [0.2, 0.25) is 5.91 Å². The number of aromatic nitrogens is 1. The van der Waals surface area contributed by atoms with E-state index in [1.165, 1.54) is 18.6 Å². The molecule has 1 aliphatic rings. The predicted octanol–water partition coefficient (Wildman–Crippen LogP) is 5.09. The molecule has 1 saturated heterocycles. The molecule has 3 aromatic rings. The molecule has 1 N–H and O–H groups in total. The molecule has 174 valence electrons. The van der Waals surface area contributed by atoms with Crippen LogP contribution in [0, 0.1) is 5.82 Å². The Balaban J connectivity index is 1.40. The van der Waals surface area contributed by atoms with Crippen molar-refractivity contribution in [2.75, 3.05) is 18.8 Å². The molecule has 7 heteroatoms. The number of thioether (sulfide) groups is 1. The molecule has 2 heterocycles. The summed E-state index contributed by atoms with van der Waals surface area (Å²) in [4.78, 5) is 28.3. The first-order valence-corrected chi connectivity index (χ1v) is 12.6. The number of likely N-dealkylation sites (tertiary alicyclic amines) is 1. The highest BCUT2D eigenvalue weighted by Gasteiger charge is 2.25. The molecule has 0 bridgehead atoms. The number of fused-ring (bicyclic) bond motifs is 1. The van der Waals surface area contributed by atoms with Crippen molar-refractivity contribution in [3.63, 3.8) is 0 Å². The number of carbonyl (C=O) groups is 2. The molecule has 0 aliphatic carbocycles. The van der Waals surface area contributed by atoms with Crippen LogP contribution >= 0.6 is 11.8 Å². The molecular formula is C26H30FN3O2S. The minimum atomic E-state index is -0.524. The van der Waals surface area contributed by atoms with Gasteiger partial charge in [-0.3, -0.25) is 9.59 Å². The number of para-hydroxylation sites is 1. The molecule has 4 rings (SSSR count). The van der Waals surface area contributed by atoms with Gasteiger partial charge in [0.15, 0.2) is 0 Å². The van der Waals surface area contributed by atoms with Crippen molar-refractivity contribution in [1.82, 2.24) is 14.8 Å². The smallest absolute Gasteiger partial charge is 0.254 e. The third-order valence-electron chi connectivity index (χ3n) is 6.28. The summed E-state index contributed by atoms with van der Waals surface area (Å²) in [6, 6.07) is 14.4. The molecule has 0 spiro atoms. The quantitative estimate of drug-likeness (QED) is 0.469. The molecule has 2 aromatic carbocycles. The van der Waals surface area contributed by atoms with E-state index in [1.807, 2.05) is 24.4 Å². The molecule has 0 saturated carbocycles.